The summed E-state index contributed by atoms with van der Waals surface area (Å²) in [4.78, 5) is 92.7. The predicted octanol–water partition coefficient (Wildman–Crippen LogP) is 2.85. The van der Waals surface area contributed by atoms with Gasteiger partial charge in [0, 0.05) is 54.9 Å². The molecule has 3 aromatic heterocycles. The maximum absolute atomic E-state index is 13.4. The lowest BCUT2D eigenvalue weighted by molar-refractivity contribution is -0.138. The molecule has 0 bridgehead atoms. The Bertz CT molecular complexity index is 2510. The van der Waals surface area contributed by atoms with Crippen molar-refractivity contribution in [3.8, 4) is 11.3 Å². The van der Waals surface area contributed by atoms with Crippen LogP contribution in [0.25, 0.3) is 16.8 Å². The van der Waals surface area contributed by atoms with Gasteiger partial charge in [0.15, 0.2) is 0 Å². The number of fused-ring (bicyclic) bond motifs is 2. The first kappa shape index (κ1) is 41.6. The molecule has 5 aromatic rings. The normalized spacial score (nSPS) is 17.4. The van der Waals surface area contributed by atoms with Crippen molar-refractivity contribution in [3.63, 3.8) is 0 Å². The number of nitrogens with one attached hydrogen (secondary N) is 3. The smallest absolute Gasteiger partial charge is 0.264 e. The van der Waals surface area contributed by atoms with Gasteiger partial charge in [-0.2, -0.15) is 0 Å². The van der Waals surface area contributed by atoms with E-state index in [0.29, 0.717) is 53.6 Å². The summed E-state index contributed by atoms with van der Waals surface area (Å²) < 4.78 is 18.8. The van der Waals surface area contributed by atoms with Gasteiger partial charge in [0.05, 0.1) is 50.2 Å². The molecule has 0 radical (unpaired) electrons. The molecular formula is C43H44N10O9. The minimum Gasteiger partial charge on any atom is -0.382 e. The summed E-state index contributed by atoms with van der Waals surface area (Å²) in [6, 6.07) is 15.8. The number of ether oxygens (including phenoxy) is 3. The number of nitrogen functional groups attached to an aromatic ring is 1. The molecule has 0 spiro atoms. The van der Waals surface area contributed by atoms with E-state index in [9.17, 15) is 28.8 Å². The maximum atomic E-state index is 13.4. The van der Waals surface area contributed by atoms with Crippen LogP contribution >= 0.6 is 0 Å². The molecule has 6 heterocycles. The standard InChI is InChI=1S/C43H44N10O9/c44-38-37-36(26-9-11-27(12-10-26)40(56)48-32-8-1-2-15-46-32)50-39(52(37)19-16-47-38)30-7-4-18-51(30)34(55)25-62-24-23-61-22-21-60-20-17-45-29-6-3-5-28-35(29)43(59)53(42(28)58)31-13-14-33(54)49-41(31)57/h1-3,5-6,8-12,15-16,19,30-31,45H,4,7,13-14,17-18,20-25H2,(H2,44,47)(H,46,48,56)(H,49,54,57)/t30-,31?/m0/s1. The van der Waals surface area contributed by atoms with Gasteiger partial charge in [0.1, 0.15) is 41.3 Å². The third-order valence-corrected chi connectivity index (χ3v) is 10.8. The average molecular weight is 845 g/mol. The first-order chi connectivity index (χ1) is 30.2. The van der Waals surface area contributed by atoms with E-state index in [0.717, 1.165) is 16.9 Å². The van der Waals surface area contributed by atoms with Crippen LogP contribution in [0.5, 0.6) is 0 Å². The highest BCUT2D eigenvalue weighted by atomic mass is 16.5. The predicted molar refractivity (Wildman–Crippen MR) is 223 cm³/mol. The van der Waals surface area contributed by atoms with Gasteiger partial charge in [-0.25, -0.2) is 15.0 Å². The number of benzene rings is 2. The van der Waals surface area contributed by atoms with Crippen molar-refractivity contribution in [1.82, 2.24) is 34.5 Å². The Labute approximate surface area is 354 Å². The molecular weight excluding hydrogens is 801 g/mol. The van der Waals surface area contributed by atoms with Crippen molar-refractivity contribution in [3.05, 3.63) is 102 Å². The fourth-order valence-corrected chi connectivity index (χ4v) is 7.86. The Morgan fingerprint density at radius 3 is 2.40 bits per heavy atom. The molecule has 3 aliphatic rings. The molecule has 2 fully saturated rings. The fourth-order valence-electron chi connectivity index (χ4n) is 7.86. The largest absolute Gasteiger partial charge is 0.382 e. The van der Waals surface area contributed by atoms with Crippen molar-refractivity contribution in [2.24, 2.45) is 0 Å². The quantitative estimate of drug-likeness (QED) is 0.0778. The molecule has 19 heteroatoms. The van der Waals surface area contributed by atoms with Gasteiger partial charge in [0.2, 0.25) is 17.7 Å². The van der Waals surface area contributed by atoms with Gasteiger partial charge in [-0.05, 0) is 55.7 Å². The molecule has 8 rings (SSSR count). The van der Waals surface area contributed by atoms with Crippen molar-refractivity contribution in [2.45, 2.75) is 37.8 Å². The van der Waals surface area contributed by atoms with Gasteiger partial charge in [-0.3, -0.25) is 43.4 Å². The molecule has 62 heavy (non-hydrogen) atoms. The number of nitrogens with zero attached hydrogens (tertiary/aromatic N) is 6. The number of carbonyl (C=O) groups excluding carboxylic acids is 6. The van der Waals surface area contributed by atoms with Gasteiger partial charge in [-0.1, -0.05) is 24.3 Å². The monoisotopic (exact) mass is 844 g/mol. The molecule has 2 atom stereocenters. The first-order valence-corrected chi connectivity index (χ1v) is 20.3. The van der Waals surface area contributed by atoms with Gasteiger partial charge >= 0.3 is 0 Å². The SMILES string of the molecule is Nc1nccn2c([C@@H]3CCCN3C(=O)COCCOCCOCCNc3cccc4c3C(=O)N(C3CCC(=O)NC3=O)C4=O)nc(-c3ccc(C(=O)Nc4ccccn4)cc3)c12. The van der Waals surface area contributed by atoms with Crippen LogP contribution < -0.4 is 21.7 Å². The summed E-state index contributed by atoms with van der Waals surface area (Å²) >= 11 is 0. The highest BCUT2D eigenvalue weighted by Gasteiger charge is 2.45. The second kappa shape index (κ2) is 18.7. The molecule has 1 unspecified atom stereocenters. The molecule has 0 aliphatic carbocycles. The second-order valence-electron chi connectivity index (χ2n) is 14.7. The summed E-state index contributed by atoms with van der Waals surface area (Å²) in [5.74, 6) is -1.34. The summed E-state index contributed by atoms with van der Waals surface area (Å²) in [6.07, 6.45) is 6.59. The number of imidazole rings is 1. The number of hydrogen-bond donors (Lipinski definition) is 4. The van der Waals surface area contributed by atoms with Crippen molar-refractivity contribution < 1.29 is 43.0 Å². The fraction of sp³-hybridized carbons (Fsp3) is 0.326. The molecule has 2 aromatic carbocycles. The van der Waals surface area contributed by atoms with Crippen LogP contribution in [0.3, 0.4) is 0 Å². The topological polar surface area (TPSA) is 242 Å². The number of rotatable bonds is 17. The van der Waals surface area contributed by atoms with Crippen LogP contribution in [0, 0.1) is 0 Å². The molecule has 320 valence electrons. The highest BCUT2D eigenvalue weighted by Crippen LogP contribution is 2.37. The maximum Gasteiger partial charge on any atom is 0.264 e. The average Bonchev–Trinajstić information content (AvgIpc) is 3.99. The van der Waals surface area contributed by atoms with E-state index in [-0.39, 0.29) is 87.3 Å². The van der Waals surface area contributed by atoms with Crippen molar-refractivity contribution in [2.75, 3.05) is 69.1 Å². The molecule has 5 N–H and O–H groups in total. The van der Waals surface area contributed by atoms with Crippen LogP contribution in [-0.2, 0) is 28.6 Å². The minimum atomic E-state index is -1.04. The number of amides is 6. The van der Waals surface area contributed by atoms with Gasteiger partial charge in [-0.15, -0.1) is 0 Å². The minimum absolute atomic E-state index is 0.0444. The summed E-state index contributed by atoms with van der Waals surface area (Å²) in [6.45, 7) is 2.04. The van der Waals surface area contributed by atoms with Crippen LogP contribution in [0.1, 0.15) is 68.6 Å². The zero-order chi connectivity index (χ0) is 43.2. The number of imide groups is 2. The van der Waals surface area contributed by atoms with E-state index in [4.69, 9.17) is 24.9 Å². The Kier molecular flexibility index (Phi) is 12.5. The van der Waals surface area contributed by atoms with Crippen molar-refractivity contribution in [1.29, 1.82) is 0 Å². The molecule has 19 nitrogen and oxygen atoms in total. The lowest BCUT2D eigenvalue weighted by Crippen LogP contribution is -2.54. The Morgan fingerprint density at radius 1 is 0.839 bits per heavy atom. The number of piperidine rings is 1. The van der Waals surface area contributed by atoms with E-state index in [1.165, 1.54) is 6.07 Å². The highest BCUT2D eigenvalue weighted by molar-refractivity contribution is 6.25. The summed E-state index contributed by atoms with van der Waals surface area (Å²) in [7, 11) is 0. The van der Waals surface area contributed by atoms with Crippen LogP contribution in [-0.4, -0.2) is 123 Å². The third-order valence-electron chi connectivity index (χ3n) is 10.8. The Morgan fingerprint density at radius 2 is 1.63 bits per heavy atom. The van der Waals surface area contributed by atoms with Crippen LogP contribution in [0.4, 0.5) is 17.3 Å². The zero-order valence-electron chi connectivity index (χ0n) is 33.6. The number of aromatic nitrogens is 4. The Balaban J connectivity index is 0.769. The van der Waals surface area contributed by atoms with E-state index < -0.39 is 29.7 Å². The summed E-state index contributed by atoms with van der Waals surface area (Å²) in [5.41, 5.74) is 9.57. The van der Waals surface area contributed by atoms with E-state index in [1.54, 1.807) is 78.1 Å². The molecule has 3 aliphatic heterocycles. The summed E-state index contributed by atoms with van der Waals surface area (Å²) in [5, 5.41) is 8.11. The molecule has 2 saturated heterocycles. The number of carbonyl (C=O) groups is 6. The van der Waals surface area contributed by atoms with E-state index >= 15 is 0 Å². The lowest BCUT2D eigenvalue weighted by atomic mass is 10.0. The molecule has 6 amide bonds. The first-order valence-electron chi connectivity index (χ1n) is 20.3. The van der Waals surface area contributed by atoms with Crippen molar-refractivity contribution >= 4 is 58.3 Å². The van der Waals surface area contributed by atoms with Gasteiger partial charge < -0.3 is 35.5 Å². The number of likely N-dealkylation sites (tertiary alicyclic amines) is 1. The lowest BCUT2D eigenvalue weighted by Gasteiger charge is -2.27. The third kappa shape index (κ3) is 8.71. The van der Waals surface area contributed by atoms with Crippen LogP contribution in [0.2, 0.25) is 0 Å². The van der Waals surface area contributed by atoms with Gasteiger partial charge in [0.25, 0.3) is 17.7 Å². The van der Waals surface area contributed by atoms with Crippen LogP contribution in [0.15, 0.2) is 79.3 Å². The zero-order valence-corrected chi connectivity index (χ0v) is 33.6. The number of anilines is 3. The number of hydrogen-bond acceptors (Lipinski definition) is 14. The molecule has 0 saturated carbocycles. The number of nitrogens with two attached hydrogens (primary N) is 1. The van der Waals surface area contributed by atoms with E-state index in [1.807, 2.05) is 4.40 Å². The second-order valence-corrected chi connectivity index (χ2v) is 14.7. The number of pyridine rings is 1. The van der Waals surface area contributed by atoms with E-state index in [2.05, 4.69) is 25.9 Å². The Hall–Kier alpha value is -7.09.